The van der Waals surface area contributed by atoms with Crippen molar-refractivity contribution < 1.29 is 0 Å². The van der Waals surface area contributed by atoms with Crippen molar-refractivity contribution in [3.63, 3.8) is 0 Å². The van der Waals surface area contributed by atoms with E-state index in [4.69, 9.17) is 5.73 Å². The molecule has 0 amide bonds. The number of hydrazine groups is 1. The lowest BCUT2D eigenvalue weighted by Gasteiger charge is -2.20. The molecule has 15 heavy (non-hydrogen) atoms. The zero-order chi connectivity index (χ0) is 10.7. The second-order valence-electron chi connectivity index (χ2n) is 4.09. The van der Waals surface area contributed by atoms with Gasteiger partial charge in [0.1, 0.15) is 0 Å². The summed E-state index contributed by atoms with van der Waals surface area (Å²) in [6.07, 6.45) is 1.14. The van der Waals surface area contributed by atoms with Gasteiger partial charge in [0.2, 0.25) is 0 Å². The van der Waals surface area contributed by atoms with Crippen LogP contribution in [-0.2, 0) is 0 Å². The molecule has 4 N–H and O–H groups in total. The Morgan fingerprint density at radius 3 is 2.53 bits per heavy atom. The summed E-state index contributed by atoms with van der Waals surface area (Å²) < 4.78 is 0. The molecule has 0 spiro atoms. The van der Waals surface area contributed by atoms with Crippen LogP contribution in [0.4, 0.5) is 0 Å². The molecule has 3 atom stereocenters. The fourth-order valence-electron chi connectivity index (χ4n) is 2.39. The van der Waals surface area contributed by atoms with Crippen LogP contribution in [0.1, 0.15) is 24.9 Å². The molecule has 1 fully saturated rings. The molecule has 3 nitrogen and oxygen atoms in total. The summed E-state index contributed by atoms with van der Waals surface area (Å²) in [4.78, 5) is 0. The molecule has 1 saturated heterocycles. The van der Waals surface area contributed by atoms with Gasteiger partial charge in [-0.15, -0.1) is 0 Å². The van der Waals surface area contributed by atoms with Crippen molar-refractivity contribution in [1.29, 1.82) is 0 Å². The second-order valence-corrected chi connectivity index (χ2v) is 4.09. The van der Waals surface area contributed by atoms with Gasteiger partial charge in [-0.3, -0.25) is 5.43 Å². The number of nitrogens with two attached hydrogens (primary N) is 1. The van der Waals surface area contributed by atoms with E-state index in [9.17, 15) is 0 Å². The lowest BCUT2D eigenvalue weighted by Crippen LogP contribution is -2.37. The van der Waals surface area contributed by atoms with E-state index in [1.165, 1.54) is 5.56 Å². The van der Waals surface area contributed by atoms with Crippen molar-refractivity contribution in [3.05, 3.63) is 35.9 Å². The SMILES string of the molecule is CCC1C(CN)NNC1c1ccccc1. The van der Waals surface area contributed by atoms with Crippen molar-refractivity contribution in [3.8, 4) is 0 Å². The maximum atomic E-state index is 5.74. The molecule has 0 aliphatic carbocycles. The monoisotopic (exact) mass is 205 g/mol. The van der Waals surface area contributed by atoms with Crippen LogP contribution < -0.4 is 16.6 Å². The number of benzene rings is 1. The van der Waals surface area contributed by atoms with E-state index in [0.29, 0.717) is 24.5 Å². The molecular weight excluding hydrogens is 186 g/mol. The Bertz CT molecular complexity index is 299. The van der Waals surface area contributed by atoms with Gasteiger partial charge in [-0.25, -0.2) is 5.43 Å². The van der Waals surface area contributed by atoms with Crippen LogP contribution in [0.2, 0.25) is 0 Å². The Kier molecular flexibility index (Phi) is 3.36. The van der Waals surface area contributed by atoms with Gasteiger partial charge in [-0.1, -0.05) is 37.3 Å². The van der Waals surface area contributed by atoms with Gasteiger partial charge in [0.15, 0.2) is 0 Å². The zero-order valence-corrected chi connectivity index (χ0v) is 9.11. The minimum absolute atomic E-state index is 0.389. The Hall–Kier alpha value is -0.900. The van der Waals surface area contributed by atoms with E-state index < -0.39 is 0 Å². The summed E-state index contributed by atoms with van der Waals surface area (Å²) >= 11 is 0. The topological polar surface area (TPSA) is 50.1 Å². The Balaban J connectivity index is 2.17. The third-order valence-corrected chi connectivity index (χ3v) is 3.25. The number of rotatable bonds is 3. The molecule has 1 aromatic rings. The second kappa shape index (κ2) is 4.75. The standard InChI is InChI=1S/C12H19N3/c1-2-10-11(8-13)14-15-12(10)9-6-4-3-5-7-9/h3-7,10-12,14-15H,2,8,13H2,1H3. The summed E-state index contributed by atoms with van der Waals surface area (Å²) in [6, 6.07) is 11.3. The largest absolute Gasteiger partial charge is 0.329 e. The Morgan fingerprint density at radius 2 is 1.93 bits per heavy atom. The minimum Gasteiger partial charge on any atom is -0.329 e. The molecule has 3 unspecified atom stereocenters. The summed E-state index contributed by atoms with van der Waals surface area (Å²) in [5.41, 5.74) is 13.7. The van der Waals surface area contributed by atoms with Gasteiger partial charge in [-0.2, -0.15) is 0 Å². The van der Waals surface area contributed by atoms with Crippen molar-refractivity contribution in [2.75, 3.05) is 6.54 Å². The third-order valence-electron chi connectivity index (χ3n) is 3.25. The summed E-state index contributed by atoms with van der Waals surface area (Å²) in [7, 11) is 0. The predicted molar refractivity (Wildman–Crippen MR) is 62.1 cm³/mol. The van der Waals surface area contributed by atoms with Crippen LogP contribution in [-0.4, -0.2) is 12.6 Å². The van der Waals surface area contributed by atoms with E-state index >= 15 is 0 Å². The average molecular weight is 205 g/mol. The molecule has 1 aliphatic rings. The molecule has 1 aromatic carbocycles. The van der Waals surface area contributed by atoms with Crippen molar-refractivity contribution >= 4 is 0 Å². The zero-order valence-electron chi connectivity index (χ0n) is 9.11. The quantitative estimate of drug-likeness (QED) is 0.694. The maximum absolute atomic E-state index is 5.74. The van der Waals surface area contributed by atoms with E-state index in [0.717, 1.165) is 6.42 Å². The van der Waals surface area contributed by atoms with Gasteiger partial charge in [-0.05, 0) is 17.9 Å². The van der Waals surface area contributed by atoms with Crippen LogP contribution >= 0.6 is 0 Å². The number of hydrogen-bond donors (Lipinski definition) is 3. The average Bonchev–Trinajstić information content (AvgIpc) is 2.72. The molecular formula is C12H19N3. The van der Waals surface area contributed by atoms with Crippen LogP contribution in [0.25, 0.3) is 0 Å². The fourth-order valence-corrected chi connectivity index (χ4v) is 2.39. The van der Waals surface area contributed by atoms with E-state index in [-0.39, 0.29) is 0 Å². The van der Waals surface area contributed by atoms with Gasteiger partial charge in [0.05, 0.1) is 6.04 Å². The first-order valence-corrected chi connectivity index (χ1v) is 5.63. The molecule has 3 heteroatoms. The highest BCUT2D eigenvalue weighted by molar-refractivity contribution is 5.21. The highest BCUT2D eigenvalue weighted by Gasteiger charge is 2.34. The maximum Gasteiger partial charge on any atom is 0.0506 e. The lowest BCUT2D eigenvalue weighted by atomic mass is 9.87. The van der Waals surface area contributed by atoms with Crippen LogP contribution in [0, 0.1) is 5.92 Å². The molecule has 2 rings (SSSR count). The van der Waals surface area contributed by atoms with E-state index in [1.54, 1.807) is 0 Å². The normalized spacial score (nSPS) is 30.7. The Labute approximate surface area is 91.0 Å². The Morgan fingerprint density at radius 1 is 1.20 bits per heavy atom. The van der Waals surface area contributed by atoms with Gasteiger partial charge >= 0.3 is 0 Å². The molecule has 0 saturated carbocycles. The highest BCUT2D eigenvalue weighted by Crippen LogP contribution is 2.30. The lowest BCUT2D eigenvalue weighted by molar-refractivity contribution is 0.408. The number of nitrogens with one attached hydrogen (secondary N) is 2. The van der Waals surface area contributed by atoms with Crippen LogP contribution in [0.3, 0.4) is 0 Å². The molecule has 0 aromatic heterocycles. The predicted octanol–water partition coefficient (Wildman–Crippen LogP) is 1.19. The van der Waals surface area contributed by atoms with Gasteiger partial charge in [0.25, 0.3) is 0 Å². The third kappa shape index (κ3) is 2.04. The first-order valence-electron chi connectivity index (χ1n) is 5.63. The van der Waals surface area contributed by atoms with Crippen LogP contribution in [0.5, 0.6) is 0 Å². The van der Waals surface area contributed by atoms with Crippen molar-refractivity contribution in [1.82, 2.24) is 10.9 Å². The molecule has 82 valence electrons. The minimum atomic E-state index is 0.389. The highest BCUT2D eigenvalue weighted by atomic mass is 15.4. The van der Waals surface area contributed by atoms with Crippen LogP contribution in [0.15, 0.2) is 30.3 Å². The van der Waals surface area contributed by atoms with Crippen molar-refractivity contribution in [2.24, 2.45) is 11.7 Å². The van der Waals surface area contributed by atoms with Gasteiger partial charge < -0.3 is 5.73 Å². The molecule has 1 heterocycles. The first-order chi connectivity index (χ1) is 7.36. The first kappa shape index (κ1) is 10.6. The van der Waals surface area contributed by atoms with E-state index in [1.807, 2.05) is 6.07 Å². The van der Waals surface area contributed by atoms with Gasteiger partial charge in [0, 0.05) is 12.6 Å². The summed E-state index contributed by atoms with van der Waals surface area (Å²) in [5, 5.41) is 0. The fraction of sp³-hybridized carbons (Fsp3) is 0.500. The summed E-state index contributed by atoms with van der Waals surface area (Å²) in [5.74, 6) is 0.581. The molecule has 1 aliphatic heterocycles. The van der Waals surface area contributed by atoms with Crippen molar-refractivity contribution in [2.45, 2.75) is 25.4 Å². The summed E-state index contributed by atoms with van der Waals surface area (Å²) in [6.45, 7) is 2.91. The number of hydrogen-bond acceptors (Lipinski definition) is 3. The van der Waals surface area contributed by atoms with E-state index in [2.05, 4.69) is 42.0 Å². The molecule has 0 bridgehead atoms. The smallest absolute Gasteiger partial charge is 0.0506 e. The molecule has 0 radical (unpaired) electrons.